The Morgan fingerprint density at radius 2 is 2.00 bits per heavy atom. The number of hydrogen-bond donors (Lipinski definition) is 1. The normalized spacial score (nSPS) is 26.6. The molecule has 3 aliphatic heterocycles. The Morgan fingerprint density at radius 1 is 1.27 bits per heavy atom. The molecule has 2 bridgehead atoms. The number of hydroxylamine groups is 2. The molecule has 1 unspecified atom stereocenters. The van der Waals surface area contributed by atoms with Crippen LogP contribution in [-0.2, 0) is 0 Å². The van der Waals surface area contributed by atoms with Crippen molar-refractivity contribution >= 4 is 5.91 Å². The van der Waals surface area contributed by atoms with Crippen molar-refractivity contribution in [1.82, 2.24) is 9.96 Å². The summed E-state index contributed by atoms with van der Waals surface area (Å²) in [6.07, 6.45) is 2.07. The SMILES string of the molecule is COc1ccc(C(=O)N(O)C2CN3CCC2CC3)c(OC)c1. The highest BCUT2D eigenvalue weighted by Gasteiger charge is 2.39. The second kappa shape index (κ2) is 6.14. The highest BCUT2D eigenvalue weighted by molar-refractivity contribution is 5.96. The zero-order valence-electron chi connectivity index (χ0n) is 13.0. The molecule has 1 atom stereocenters. The van der Waals surface area contributed by atoms with Gasteiger partial charge in [-0.1, -0.05) is 0 Å². The van der Waals surface area contributed by atoms with Crippen molar-refractivity contribution in [3.8, 4) is 11.5 Å². The molecule has 120 valence electrons. The molecule has 1 N–H and O–H groups in total. The maximum atomic E-state index is 12.6. The van der Waals surface area contributed by atoms with Gasteiger partial charge in [0.15, 0.2) is 0 Å². The van der Waals surface area contributed by atoms with E-state index in [1.807, 2.05) is 0 Å². The van der Waals surface area contributed by atoms with Crippen LogP contribution in [0.25, 0.3) is 0 Å². The zero-order chi connectivity index (χ0) is 15.7. The predicted molar refractivity (Wildman–Crippen MR) is 80.5 cm³/mol. The Morgan fingerprint density at radius 3 is 2.55 bits per heavy atom. The number of benzene rings is 1. The van der Waals surface area contributed by atoms with Gasteiger partial charge in [-0.05, 0) is 44.0 Å². The van der Waals surface area contributed by atoms with Gasteiger partial charge in [-0.3, -0.25) is 10.0 Å². The van der Waals surface area contributed by atoms with E-state index in [1.54, 1.807) is 25.3 Å². The van der Waals surface area contributed by atoms with E-state index in [2.05, 4.69) is 4.90 Å². The standard InChI is InChI=1S/C16H22N2O4/c1-21-12-3-4-13(15(9-12)22-2)16(19)18(20)14-10-17-7-5-11(14)6-8-17/h3-4,9,11,14,20H,5-8,10H2,1-2H3. The van der Waals surface area contributed by atoms with Crippen LogP contribution in [-0.4, -0.2) is 61.0 Å². The Bertz CT molecular complexity index is 555. The molecule has 3 heterocycles. The third-order valence-corrected chi connectivity index (χ3v) is 4.78. The van der Waals surface area contributed by atoms with Crippen molar-refractivity contribution in [3.05, 3.63) is 23.8 Å². The minimum atomic E-state index is -0.418. The molecule has 0 saturated carbocycles. The Hall–Kier alpha value is -1.79. The van der Waals surface area contributed by atoms with Crippen molar-refractivity contribution in [2.45, 2.75) is 18.9 Å². The molecule has 0 radical (unpaired) electrons. The average molecular weight is 306 g/mol. The Balaban J connectivity index is 1.81. The minimum absolute atomic E-state index is 0.137. The highest BCUT2D eigenvalue weighted by Crippen LogP contribution is 2.32. The molecule has 0 spiro atoms. The first-order valence-corrected chi connectivity index (χ1v) is 7.61. The van der Waals surface area contributed by atoms with Gasteiger partial charge >= 0.3 is 0 Å². The second-order valence-corrected chi connectivity index (χ2v) is 5.92. The first kappa shape index (κ1) is 15.1. The number of hydrogen-bond acceptors (Lipinski definition) is 5. The van der Waals surface area contributed by atoms with Gasteiger partial charge in [0.2, 0.25) is 0 Å². The lowest BCUT2D eigenvalue weighted by Crippen LogP contribution is -2.57. The summed E-state index contributed by atoms with van der Waals surface area (Å²) in [4.78, 5) is 14.9. The minimum Gasteiger partial charge on any atom is -0.497 e. The molecule has 22 heavy (non-hydrogen) atoms. The van der Waals surface area contributed by atoms with E-state index in [0.717, 1.165) is 37.5 Å². The number of carbonyl (C=O) groups is 1. The molecule has 3 aliphatic rings. The van der Waals surface area contributed by atoms with Crippen molar-refractivity contribution in [1.29, 1.82) is 0 Å². The Labute approximate surface area is 130 Å². The van der Waals surface area contributed by atoms with Crippen LogP contribution in [0.2, 0.25) is 0 Å². The van der Waals surface area contributed by atoms with Crippen molar-refractivity contribution in [2.75, 3.05) is 33.9 Å². The molecule has 3 saturated heterocycles. The van der Waals surface area contributed by atoms with E-state index in [1.165, 1.54) is 7.11 Å². The van der Waals surface area contributed by atoms with Crippen molar-refractivity contribution < 1.29 is 19.5 Å². The molecule has 0 aromatic heterocycles. The number of carbonyl (C=O) groups excluding carboxylic acids is 1. The third kappa shape index (κ3) is 2.64. The fourth-order valence-corrected chi connectivity index (χ4v) is 3.46. The zero-order valence-corrected chi connectivity index (χ0v) is 13.0. The number of methoxy groups -OCH3 is 2. The van der Waals surface area contributed by atoms with E-state index in [9.17, 15) is 10.0 Å². The molecule has 3 fully saturated rings. The summed E-state index contributed by atoms with van der Waals surface area (Å²) >= 11 is 0. The van der Waals surface area contributed by atoms with Crippen LogP contribution in [0.4, 0.5) is 0 Å². The summed E-state index contributed by atoms with van der Waals surface area (Å²) in [5, 5.41) is 11.3. The third-order valence-electron chi connectivity index (χ3n) is 4.78. The number of ether oxygens (including phenoxy) is 2. The number of rotatable bonds is 4. The summed E-state index contributed by atoms with van der Waals surface area (Å²) in [6.45, 7) is 2.87. The summed E-state index contributed by atoms with van der Waals surface area (Å²) in [7, 11) is 3.06. The van der Waals surface area contributed by atoms with Gasteiger partial charge in [-0.2, -0.15) is 0 Å². The number of nitrogens with zero attached hydrogens (tertiary/aromatic N) is 2. The number of amides is 1. The molecule has 1 aromatic rings. The Kier molecular flexibility index (Phi) is 4.22. The van der Waals surface area contributed by atoms with Crippen LogP contribution < -0.4 is 9.47 Å². The van der Waals surface area contributed by atoms with Gasteiger partial charge in [0.25, 0.3) is 5.91 Å². The molecular formula is C16H22N2O4. The second-order valence-electron chi connectivity index (χ2n) is 5.92. The van der Waals surface area contributed by atoms with Crippen molar-refractivity contribution in [2.24, 2.45) is 5.92 Å². The van der Waals surface area contributed by atoms with Gasteiger partial charge in [-0.15, -0.1) is 0 Å². The van der Waals surface area contributed by atoms with Gasteiger partial charge < -0.3 is 14.4 Å². The maximum Gasteiger partial charge on any atom is 0.281 e. The quantitative estimate of drug-likeness (QED) is 0.677. The van der Waals surface area contributed by atoms with Gasteiger partial charge in [0, 0.05) is 12.6 Å². The van der Waals surface area contributed by atoms with Crippen LogP contribution in [0.15, 0.2) is 18.2 Å². The van der Waals surface area contributed by atoms with E-state index in [-0.39, 0.29) is 6.04 Å². The molecular weight excluding hydrogens is 284 g/mol. The molecule has 1 amide bonds. The molecule has 6 heteroatoms. The molecule has 0 aliphatic carbocycles. The summed E-state index contributed by atoms with van der Waals surface area (Å²) in [6, 6.07) is 4.84. The maximum absolute atomic E-state index is 12.6. The largest absolute Gasteiger partial charge is 0.497 e. The fraction of sp³-hybridized carbons (Fsp3) is 0.562. The van der Waals surface area contributed by atoms with Gasteiger partial charge in [0.1, 0.15) is 11.5 Å². The smallest absolute Gasteiger partial charge is 0.281 e. The molecule has 4 rings (SSSR count). The summed E-state index contributed by atoms with van der Waals surface area (Å²) in [5.41, 5.74) is 0.349. The van der Waals surface area contributed by atoms with Gasteiger partial charge in [-0.25, -0.2) is 5.06 Å². The lowest BCUT2D eigenvalue weighted by molar-refractivity contribution is -0.133. The summed E-state index contributed by atoms with van der Waals surface area (Å²) < 4.78 is 10.4. The van der Waals surface area contributed by atoms with E-state index in [0.29, 0.717) is 23.0 Å². The topological polar surface area (TPSA) is 62.2 Å². The molecule has 1 aromatic carbocycles. The molecule has 6 nitrogen and oxygen atoms in total. The first-order valence-electron chi connectivity index (χ1n) is 7.61. The van der Waals surface area contributed by atoms with Gasteiger partial charge in [0.05, 0.1) is 25.8 Å². The van der Waals surface area contributed by atoms with E-state index < -0.39 is 5.91 Å². The van der Waals surface area contributed by atoms with E-state index >= 15 is 0 Å². The van der Waals surface area contributed by atoms with Crippen LogP contribution in [0, 0.1) is 5.92 Å². The van der Waals surface area contributed by atoms with E-state index in [4.69, 9.17) is 9.47 Å². The summed E-state index contributed by atoms with van der Waals surface area (Å²) in [5.74, 6) is 0.979. The van der Waals surface area contributed by atoms with Crippen LogP contribution in [0.3, 0.4) is 0 Å². The number of piperidine rings is 3. The number of fused-ring (bicyclic) bond motifs is 3. The van der Waals surface area contributed by atoms with Crippen LogP contribution in [0.5, 0.6) is 11.5 Å². The first-order chi connectivity index (χ1) is 10.6. The fourth-order valence-electron chi connectivity index (χ4n) is 3.46. The lowest BCUT2D eigenvalue weighted by atomic mass is 9.83. The van der Waals surface area contributed by atoms with Crippen LogP contribution in [0.1, 0.15) is 23.2 Å². The van der Waals surface area contributed by atoms with Crippen molar-refractivity contribution in [3.63, 3.8) is 0 Å². The monoisotopic (exact) mass is 306 g/mol. The predicted octanol–water partition coefficient (Wildman–Crippen LogP) is 1.63. The van der Waals surface area contributed by atoms with Crippen LogP contribution >= 0.6 is 0 Å². The highest BCUT2D eigenvalue weighted by atomic mass is 16.5. The average Bonchev–Trinajstić information content (AvgIpc) is 2.60. The lowest BCUT2D eigenvalue weighted by Gasteiger charge is -2.46.